The van der Waals surface area contributed by atoms with Gasteiger partial charge in [-0.1, -0.05) is 38.5 Å². The second kappa shape index (κ2) is 6.19. The molecule has 0 bridgehead atoms. The molecular weight excluding hydrogens is 230 g/mol. The Balaban J connectivity index is 2.86. The third-order valence-corrected chi connectivity index (χ3v) is 3.16. The molecule has 0 heterocycles. The lowest BCUT2D eigenvalue weighted by Gasteiger charge is -2.20. The molecule has 1 amide bonds. The SMILES string of the molecule is CCC(C)[C@H](NC(=O)c1ccccc1C)C(=O)O. The van der Waals surface area contributed by atoms with E-state index < -0.39 is 12.0 Å². The van der Waals surface area contributed by atoms with E-state index in [1.807, 2.05) is 32.9 Å². The second-order valence-corrected chi connectivity index (χ2v) is 4.49. The number of aliphatic carboxylic acids is 1. The minimum absolute atomic E-state index is 0.101. The van der Waals surface area contributed by atoms with Gasteiger partial charge < -0.3 is 10.4 Å². The fourth-order valence-electron chi connectivity index (χ4n) is 1.73. The summed E-state index contributed by atoms with van der Waals surface area (Å²) in [5.41, 5.74) is 1.36. The van der Waals surface area contributed by atoms with E-state index >= 15 is 0 Å². The Labute approximate surface area is 107 Å². The Hall–Kier alpha value is -1.84. The van der Waals surface area contributed by atoms with Gasteiger partial charge in [0.1, 0.15) is 6.04 Å². The lowest BCUT2D eigenvalue weighted by atomic mass is 9.98. The van der Waals surface area contributed by atoms with Crippen LogP contribution >= 0.6 is 0 Å². The maximum Gasteiger partial charge on any atom is 0.326 e. The molecule has 98 valence electrons. The minimum Gasteiger partial charge on any atom is -0.480 e. The number of carboxylic acids is 1. The molecule has 0 saturated carbocycles. The molecule has 1 rings (SSSR count). The van der Waals surface area contributed by atoms with E-state index in [2.05, 4.69) is 5.32 Å². The summed E-state index contributed by atoms with van der Waals surface area (Å²) >= 11 is 0. The van der Waals surface area contributed by atoms with Crippen molar-refractivity contribution < 1.29 is 14.7 Å². The van der Waals surface area contributed by atoms with Crippen LogP contribution in [0.4, 0.5) is 0 Å². The number of nitrogens with one attached hydrogen (secondary N) is 1. The van der Waals surface area contributed by atoms with E-state index in [1.165, 1.54) is 0 Å². The summed E-state index contributed by atoms with van der Waals surface area (Å²) in [4.78, 5) is 23.2. The largest absolute Gasteiger partial charge is 0.480 e. The first kappa shape index (κ1) is 14.2. The highest BCUT2D eigenvalue weighted by atomic mass is 16.4. The zero-order chi connectivity index (χ0) is 13.7. The fourth-order valence-corrected chi connectivity index (χ4v) is 1.73. The average Bonchev–Trinajstić information content (AvgIpc) is 2.35. The molecule has 0 aromatic heterocycles. The van der Waals surface area contributed by atoms with E-state index in [-0.39, 0.29) is 11.8 Å². The number of benzene rings is 1. The van der Waals surface area contributed by atoms with Gasteiger partial charge in [0.25, 0.3) is 5.91 Å². The van der Waals surface area contributed by atoms with Gasteiger partial charge in [-0.2, -0.15) is 0 Å². The minimum atomic E-state index is -0.994. The third kappa shape index (κ3) is 3.32. The molecule has 0 spiro atoms. The monoisotopic (exact) mass is 249 g/mol. The normalized spacial score (nSPS) is 13.7. The van der Waals surface area contributed by atoms with Crippen LogP contribution in [0.5, 0.6) is 0 Å². The van der Waals surface area contributed by atoms with Gasteiger partial charge in [-0.3, -0.25) is 4.79 Å². The lowest BCUT2D eigenvalue weighted by Crippen LogP contribution is -2.45. The standard InChI is InChI=1S/C14H19NO3/c1-4-9(2)12(14(17)18)15-13(16)11-8-6-5-7-10(11)3/h5-9,12H,4H2,1-3H3,(H,15,16)(H,17,18)/t9?,12-/m0/s1. The molecule has 0 fully saturated rings. The van der Waals surface area contributed by atoms with Crippen LogP contribution in [-0.4, -0.2) is 23.0 Å². The number of hydrogen-bond donors (Lipinski definition) is 2. The summed E-state index contributed by atoms with van der Waals surface area (Å²) in [5, 5.41) is 11.7. The third-order valence-electron chi connectivity index (χ3n) is 3.16. The molecule has 2 atom stereocenters. The van der Waals surface area contributed by atoms with Crippen molar-refractivity contribution in [1.29, 1.82) is 0 Å². The van der Waals surface area contributed by atoms with Gasteiger partial charge in [0.15, 0.2) is 0 Å². The molecule has 2 N–H and O–H groups in total. The first-order valence-electron chi connectivity index (χ1n) is 6.06. The summed E-state index contributed by atoms with van der Waals surface area (Å²) < 4.78 is 0. The van der Waals surface area contributed by atoms with Crippen molar-refractivity contribution in [3.8, 4) is 0 Å². The zero-order valence-corrected chi connectivity index (χ0v) is 10.9. The number of carboxylic acid groups (broad SMARTS) is 1. The van der Waals surface area contributed by atoms with Crippen LogP contribution in [0, 0.1) is 12.8 Å². The first-order valence-corrected chi connectivity index (χ1v) is 6.06. The quantitative estimate of drug-likeness (QED) is 0.841. The topological polar surface area (TPSA) is 66.4 Å². The molecule has 4 heteroatoms. The second-order valence-electron chi connectivity index (χ2n) is 4.49. The van der Waals surface area contributed by atoms with Gasteiger partial charge in [-0.25, -0.2) is 4.79 Å². The van der Waals surface area contributed by atoms with E-state index in [1.54, 1.807) is 12.1 Å². The van der Waals surface area contributed by atoms with Gasteiger partial charge >= 0.3 is 5.97 Å². The molecule has 18 heavy (non-hydrogen) atoms. The Bertz CT molecular complexity index is 442. The number of hydrogen-bond acceptors (Lipinski definition) is 2. The Morgan fingerprint density at radius 3 is 2.44 bits per heavy atom. The predicted octanol–water partition coefficient (Wildman–Crippen LogP) is 2.22. The van der Waals surface area contributed by atoms with Crippen LogP contribution in [-0.2, 0) is 4.79 Å². The zero-order valence-electron chi connectivity index (χ0n) is 10.9. The van der Waals surface area contributed by atoms with E-state index in [0.717, 1.165) is 5.56 Å². The summed E-state index contributed by atoms with van der Waals surface area (Å²) in [5.74, 6) is -1.43. The highest BCUT2D eigenvalue weighted by Crippen LogP contribution is 2.11. The summed E-state index contributed by atoms with van der Waals surface area (Å²) in [6, 6.07) is 6.28. The lowest BCUT2D eigenvalue weighted by molar-refractivity contribution is -0.140. The van der Waals surface area contributed by atoms with Crippen LogP contribution < -0.4 is 5.32 Å². The molecule has 0 aliphatic rings. The molecule has 1 aromatic carbocycles. The summed E-state index contributed by atoms with van der Waals surface area (Å²) in [7, 11) is 0. The maximum atomic E-state index is 12.0. The van der Waals surface area contributed by atoms with E-state index in [4.69, 9.17) is 5.11 Å². The smallest absolute Gasteiger partial charge is 0.326 e. The number of aryl methyl sites for hydroxylation is 1. The van der Waals surface area contributed by atoms with Crippen molar-refractivity contribution >= 4 is 11.9 Å². The van der Waals surface area contributed by atoms with Gasteiger partial charge in [0.05, 0.1) is 0 Å². The Kier molecular flexibility index (Phi) is 4.89. The number of rotatable bonds is 5. The molecule has 0 saturated heterocycles. The number of carbonyl (C=O) groups excluding carboxylic acids is 1. The first-order chi connectivity index (χ1) is 8.47. The van der Waals surface area contributed by atoms with Gasteiger partial charge in [-0.05, 0) is 24.5 Å². The summed E-state index contributed by atoms with van der Waals surface area (Å²) in [6.45, 7) is 5.55. The average molecular weight is 249 g/mol. The highest BCUT2D eigenvalue weighted by Gasteiger charge is 2.25. The number of carbonyl (C=O) groups is 2. The molecular formula is C14H19NO3. The van der Waals surface area contributed by atoms with E-state index in [9.17, 15) is 9.59 Å². The maximum absolute atomic E-state index is 12.0. The Morgan fingerprint density at radius 2 is 1.94 bits per heavy atom. The van der Waals surface area contributed by atoms with Crippen molar-refractivity contribution in [1.82, 2.24) is 5.32 Å². The summed E-state index contributed by atoms with van der Waals surface area (Å²) in [6.07, 6.45) is 0.699. The van der Waals surface area contributed by atoms with Crippen molar-refractivity contribution in [3.63, 3.8) is 0 Å². The van der Waals surface area contributed by atoms with Crippen molar-refractivity contribution in [2.75, 3.05) is 0 Å². The molecule has 0 aliphatic carbocycles. The Morgan fingerprint density at radius 1 is 1.33 bits per heavy atom. The van der Waals surface area contributed by atoms with E-state index in [0.29, 0.717) is 12.0 Å². The van der Waals surface area contributed by atoms with Gasteiger partial charge in [0.2, 0.25) is 0 Å². The molecule has 0 radical (unpaired) electrons. The van der Waals surface area contributed by atoms with Crippen molar-refractivity contribution in [3.05, 3.63) is 35.4 Å². The van der Waals surface area contributed by atoms with Crippen LogP contribution in [0.3, 0.4) is 0 Å². The predicted molar refractivity (Wildman–Crippen MR) is 69.5 cm³/mol. The van der Waals surface area contributed by atoms with Crippen LogP contribution in [0.15, 0.2) is 24.3 Å². The van der Waals surface area contributed by atoms with Gasteiger partial charge in [-0.15, -0.1) is 0 Å². The highest BCUT2D eigenvalue weighted by molar-refractivity contribution is 5.97. The van der Waals surface area contributed by atoms with Crippen molar-refractivity contribution in [2.45, 2.75) is 33.2 Å². The fraction of sp³-hybridized carbons (Fsp3) is 0.429. The van der Waals surface area contributed by atoms with Crippen molar-refractivity contribution in [2.24, 2.45) is 5.92 Å². The molecule has 4 nitrogen and oxygen atoms in total. The van der Waals surface area contributed by atoms with Crippen LogP contribution in [0.2, 0.25) is 0 Å². The molecule has 0 aliphatic heterocycles. The van der Waals surface area contributed by atoms with Crippen LogP contribution in [0.25, 0.3) is 0 Å². The molecule has 1 aromatic rings. The van der Waals surface area contributed by atoms with Crippen LogP contribution in [0.1, 0.15) is 36.2 Å². The van der Waals surface area contributed by atoms with Gasteiger partial charge in [0, 0.05) is 5.56 Å². The number of amides is 1. The molecule has 1 unspecified atom stereocenters.